The average Bonchev–Trinajstić information content (AvgIpc) is 1.85. The minimum atomic E-state index is -4.44. The van der Waals surface area contributed by atoms with E-state index in [2.05, 4.69) is 9.17 Å². The van der Waals surface area contributed by atoms with Crippen LogP contribution >= 0.6 is 12.4 Å². The molecule has 0 unspecified atom stereocenters. The number of hydrogen-bond donors (Lipinski definition) is 1. The standard InChI is InChI=1S/C5H5NO4S.ClH/c7-11(8,9)10-5-3-1-2-4-6-5;/h1-4H,(H,7,8,9);1H. The summed E-state index contributed by atoms with van der Waals surface area (Å²) >= 11 is 0. The average molecular weight is 212 g/mol. The van der Waals surface area contributed by atoms with Crippen molar-refractivity contribution in [2.24, 2.45) is 0 Å². The second-order valence-corrected chi connectivity index (χ2v) is 2.70. The van der Waals surface area contributed by atoms with Crippen molar-refractivity contribution in [1.82, 2.24) is 4.98 Å². The van der Waals surface area contributed by atoms with Crippen molar-refractivity contribution in [2.75, 3.05) is 0 Å². The van der Waals surface area contributed by atoms with Crippen LogP contribution in [-0.2, 0) is 10.4 Å². The highest BCUT2D eigenvalue weighted by Gasteiger charge is 2.05. The largest absolute Gasteiger partial charge is 0.447 e. The van der Waals surface area contributed by atoms with Crippen molar-refractivity contribution in [3.8, 4) is 5.88 Å². The topological polar surface area (TPSA) is 76.5 Å². The molecule has 5 nitrogen and oxygen atoms in total. The fourth-order valence-corrected chi connectivity index (χ4v) is 0.819. The molecule has 0 radical (unpaired) electrons. The van der Waals surface area contributed by atoms with Gasteiger partial charge in [0.2, 0.25) is 5.88 Å². The molecule has 68 valence electrons. The minimum absolute atomic E-state index is 0. The van der Waals surface area contributed by atoms with Gasteiger partial charge in [-0.25, -0.2) is 4.98 Å². The van der Waals surface area contributed by atoms with E-state index >= 15 is 0 Å². The van der Waals surface area contributed by atoms with Crippen LogP contribution in [-0.4, -0.2) is 18.0 Å². The molecule has 1 rings (SSSR count). The summed E-state index contributed by atoms with van der Waals surface area (Å²) in [6.07, 6.45) is 1.35. The molecule has 0 saturated carbocycles. The molecule has 0 aromatic carbocycles. The summed E-state index contributed by atoms with van der Waals surface area (Å²) in [7, 11) is -4.44. The van der Waals surface area contributed by atoms with Gasteiger partial charge in [0.15, 0.2) is 0 Å². The third-order valence-electron chi connectivity index (χ3n) is 0.828. The predicted octanol–water partition coefficient (Wildman–Crippen LogP) is 0.685. The Balaban J connectivity index is 0.00000121. The molecule has 12 heavy (non-hydrogen) atoms. The molecule has 0 saturated heterocycles. The molecule has 0 amide bonds. The first-order valence-corrected chi connectivity index (χ1v) is 4.02. The van der Waals surface area contributed by atoms with Crippen LogP contribution in [0.3, 0.4) is 0 Å². The smallest absolute Gasteiger partial charge is 0.341 e. The Bertz CT molecular complexity index is 325. The third kappa shape index (κ3) is 4.12. The van der Waals surface area contributed by atoms with Crippen LogP contribution in [0, 0.1) is 0 Å². The minimum Gasteiger partial charge on any atom is -0.341 e. The first kappa shape index (κ1) is 11.2. The fraction of sp³-hybridized carbons (Fsp3) is 0. The van der Waals surface area contributed by atoms with Crippen molar-refractivity contribution in [3.63, 3.8) is 0 Å². The van der Waals surface area contributed by atoms with Crippen molar-refractivity contribution in [3.05, 3.63) is 24.4 Å². The van der Waals surface area contributed by atoms with E-state index in [0.29, 0.717) is 0 Å². The van der Waals surface area contributed by atoms with Gasteiger partial charge in [-0.3, -0.25) is 4.55 Å². The summed E-state index contributed by atoms with van der Waals surface area (Å²) in [4.78, 5) is 3.50. The van der Waals surface area contributed by atoms with Gasteiger partial charge >= 0.3 is 10.4 Å². The van der Waals surface area contributed by atoms with Crippen LogP contribution in [0.15, 0.2) is 24.4 Å². The molecule has 1 N–H and O–H groups in total. The molecule has 0 aliphatic carbocycles. The molecule has 1 aromatic heterocycles. The molecule has 0 aliphatic rings. The second kappa shape index (κ2) is 4.24. The van der Waals surface area contributed by atoms with Gasteiger partial charge in [-0.05, 0) is 6.07 Å². The molecule has 0 aliphatic heterocycles. The first-order valence-electron chi connectivity index (χ1n) is 2.66. The highest BCUT2D eigenvalue weighted by molar-refractivity contribution is 7.81. The molecule has 0 bridgehead atoms. The molecule has 0 fully saturated rings. The summed E-state index contributed by atoms with van der Waals surface area (Å²) in [5, 5.41) is 0. The Morgan fingerprint density at radius 1 is 1.42 bits per heavy atom. The van der Waals surface area contributed by atoms with Crippen molar-refractivity contribution in [1.29, 1.82) is 0 Å². The Kier molecular flexibility index (Phi) is 3.94. The van der Waals surface area contributed by atoms with E-state index in [0.717, 1.165) is 0 Å². The number of nitrogens with zero attached hydrogens (tertiary/aromatic N) is 1. The second-order valence-electron chi connectivity index (χ2n) is 1.68. The summed E-state index contributed by atoms with van der Waals surface area (Å²) in [6, 6.07) is 4.44. The van der Waals surface area contributed by atoms with E-state index in [1.54, 1.807) is 6.07 Å². The van der Waals surface area contributed by atoms with E-state index in [9.17, 15) is 8.42 Å². The first-order chi connectivity index (χ1) is 5.08. The SMILES string of the molecule is Cl.O=S(=O)(O)Oc1ccccn1. The number of halogens is 1. The number of hydrogen-bond acceptors (Lipinski definition) is 4. The quantitative estimate of drug-likeness (QED) is 0.729. The van der Waals surface area contributed by atoms with E-state index in [1.165, 1.54) is 18.3 Å². The van der Waals surface area contributed by atoms with Gasteiger partial charge in [-0.15, -0.1) is 12.4 Å². The monoisotopic (exact) mass is 211 g/mol. The maximum Gasteiger partial charge on any atom is 0.447 e. The summed E-state index contributed by atoms with van der Waals surface area (Å²) in [5.41, 5.74) is 0. The molecule has 1 aromatic rings. The lowest BCUT2D eigenvalue weighted by Gasteiger charge is -1.96. The van der Waals surface area contributed by atoms with Crippen molar-refractivity contribution < 1.29 is 17.2 Å². The Morgan fingerprint density at radius 2 is 2.08 bits per heavy atom. The third-order valence-corrected chi connectivity index (χ3v) is 1.21. The predicted molar refractivity (Wildman–Crippen MR) is 43.7 cm³/mol. The molecule has 0 spiro atoms. The van der Waals surface area contributed by atoms with Gasteiger partial charge in [0, 0.05) is 12.3 Å². The van der Waals surface area contributed by atoms with Crippen molar-refractivity contribution in [2.45, 2.75) is 0 Å². The van der Waals surface area contributed by atoms with E-state index in [-0.39, 0.29) is 18.3 Å². The van der Waals surface area contributed by atoms with E-state index < -0.39 is 10.4 Å². The zero-order chi connectivity index (χ0) is 8.32. The summed E-state index contributed by atoms with van der Waals surface area (Å²) in [5.74, 6) is -0.157. The maximum atomic E-state index is 10.1. The van der Waals surface area contributed by atoms with Crippen LogP contribution in [0.2, 0.25) is 0 Å². The highest BCUT2D eigenvalue weighted by atomic mass is 35.5. The summed E-state index contributed by atoms with van der Waals surface area (Å²) in [6.45, 7) is 0. The number of rotatable bonds is 2. The lowest BCUT2D eigenvalue weighted by molar-refractivity contribution is 0.381. The van der Waals surface area contributed by atoms with Gasteiger partial charge in [-0.1, -0.05) is 6.07 Å². The van der Waals surface area contributed by atoms with Gasteiger partial charge < -0.3 is 4.18 Å². The Hall–Kier alpha value is -0.850. The normalized spacial score (nSPS) is 10.1. The van der Waals surface area contributed by atoms with Crippen LogP contribution in [0.25, 0.3) is 0 Å². The van der Waals surface area contributed by atoms with Gasteiger partial charge in [0.05, 0.1) is 0 Å². The van der Waals surface area contributed by atoms with Crippen molar-refractivity contribution >= 4 is 22.8 Å². The lowest BCUT2D eigenvalue weighted by Crippen LogP contribution is -2.07. The van der Waals surface area contributed by atoms with Crippen LogP contribution in [0.4, 0.5) is 0 Å². The summed E-state index contributed by atoms with van der Waals surface area (Å²) < 4.78 is 32.4. The molecule has 0 atom stereocenters. The molecule has 1 heterocycles. The number of aromatic nitrogens is 1. The highest BCUT2D eigenvalue weighted by Crippen LogP contribution is 2.04. The maximum absolute atomic E-state index is 10.1. The van der Waals surface area contributed by atoms with E-state index in [4.69, 9.17) is 4.55 Å². The zero-order valence-corrected chi connectivity index (χ0v) is 7.38. The van der Waals surface area contributed by atoms with E-state index in [1.807, 2.05) is 0 Å². The Morgan fingerprint density at radius 3 is 2.50 bits per heavy atom. The lowest BCUT2D eigenvalue weighted by atomic mass is 10.5. The zero-order valence-electron chi connectivity index (χ0n) is 5.75. The van der Waals surface area contributed by atoms with Crippen LogP contribution in [0.1, 0.15) is 0 Å². The number of pyridine rings is 1. The van der Waals surface area contributed by atoms with Crippen LogP contribution < -0.4 is 4.18 Å². The molecular formula is C5H6ClNO4S. The molecular weight excluding hydrogens is 206 g/mol. The van der Waals surface area contributed by atoms with Gasteiger partial charge in [0.1, 0.15) is 0 Å². The van der Waals surface area contributed by atoms with Gasteiger partial charge in [0.25, 0.3) is 0 Å². The van der Waals surface area contributed by atoms with Crippen LogP contribution in [0.5, 0.6) is 5.88 Å². The Labute approximate surface area is 75.8 Å². The fourth-order valence-electron chi connectivity index (χ4n) is 0.504. The molecule has 7 heteroatoms. The van der Waals surface area contributed by atoms with Gasteiger partial charge in [-0.2, -0.15) is 8.42 Å².